The van der Waals surface area contributed by atoms with Crippen molar-refractivity contribution >= 4 is 6.29 Å². The fourth-order valence-corrected chi connectivity index (χ4v) is 1.20. The van der Waals surface area contributed by atoms with Crippen molar-refractivity contribution in [2.45, 2.75) is 19.0 Å². The molecule has 0 amide bonds. The standard InChI is InChI=1S/C8H18N2O/c1-9(2)8(10(3)4)6-5-7-11/h7-8H,5-6H2,1-4H3. The van der Waals surface area contributed by atoms with Crippen LogP contribution < -0.4 is 0 Å². The predicted octanol–water partition coefficient (Wildman–Crippen LogP) is 0.415. The van der Waals surface area contributed by atoms with Gasteiger partial charge in [-0.1, -0.05) is 0 Å². The van der Waals surface area contributed by atoms with Gasteiger partial charge in [0.25, 0.3) is 0 Å². The zero-order chi connectivity index (χ0) is 8.85. The summed E-state index contributed by atoms with van der Waals surface area (Å²) in [5.41, 5.74) is 0. The summed E-state index contributed by atoms with van der Waals surface area (Å²) in [4.78, 5) is 14.3. The second kappa shape index (κ2) is 5.27. The second-order valence-electron chi connectivity index (χ2n) is 3.15. The van der Waals surface area contributed by atoms with E-state index in [1.807, 2.05) is 28.2 Å². The minimum Gasteiger partial charge on any atom is -0.303 e. The van der Waals surface area contributed by atoms with Crippen molar-refractivity contribution in [2.24, 2.45) is 0 Å². The number of carbonyl (C=O) groups is 1. The first-order valence-electron chi connectivity index (χ1n) is 3.86. The molecule has 0 N–H and O–H groups in total. The van der Waals surface area contributed by atoms with E-state index in [1.165, 1.54) is 0 Å². The zero-order valence-corrected chi connectivity index (χ0v) is 7.87. The SMILES string of the molecule is CN(C)C(CCC=O)N(C)C. The highest BCUT2D eigenvalue weighted by molar-refractivity contribution is 5.49. The summed E-state index contributed by atoms with van der Waals surface area (Å²) in [6.07, 6.45) is 2.89. The van der Waals surface area contributed by atoms with Crippen molar-refractivity contribution in [1.82, 2.24) is 9.80 Å². The molecule has 0 bridgehead atoms. The number of carbonyl (C=O) groups excluding carboxylic acids is 1. The molecule has 3 heteroatoms. The average Bonchev–Trinajstić information content (AvgIpc) is 1.87. The third-order valence-electron chi connectivity index (χ3n) is 1.73. The molecule has 0 saturated heterocycles. The maximum Gasteiger partial charge on any atom is 0.120 e. The van der Waals surface area contributed by atoms with Gasteiger partial charge in [-0.3, -0.25) is 9.80 Å². The Kier molecular flexibility index (Phi) is 5.07. The highest BCUT2D eigenvalue weighted by Crippen LogP contribution is 2.03. The van der Waals surface area contributed by atoms with Crippen LogP contribution in [0.5, 0.6) is 0 Å². The molecular formula is C8H18N2O. The molecule has 0 unspecified atom stereocenters. The van der Waals surface area contributed by atoms with Gasteiger partial charge in [0, 0.05) is 6.42 Å². The topological polar surface area (TPSA) is 23.6 Å². The first-order chi connectivity index (χ1) is 5.09. The summed E-state index contributed by atoms with van der Waals surface area (Å²) >= 11 is 0. The van der Waals surface area contributed by atoms with Crippen LogP contribution in [0.25, 0.3) is 0 Å². The van der Waals surface area contributed by atoms with Crippen LogP contribution in [0.2, 0.25) is 0 Å². The summed E-state index contributed by atoms with van der Waals surface area (Å²) in [6, 6.07) is 0. The molecule has 0 atom stereocenters. The average molecular weight is 158 g/mol. The van der Waals surface area contributed by atoms with E-state index in [-0.39, 0.29) is 0 Å². The molecule has 0 fully saturated rings. The lowest BCUT2D eigenvalue weighted by molar-refractivity contribution is -0.108. The number of aldehydes is 1. The quantitative estimate of drug-likeness (QED) is 0.428. The second-order valence-corrected chi connectivity index (χ2v) is 3.15. The maximum atomic E-state index is 10.1. The lowest BCUT2D eigenvalue weighted by Gasteiger charge is -2.29. The van der Waals surface area contributed by atoms with Crippen LogP contribution in [-0.4, -0.2) is 50.4 Å². The molecule has 0 aromatic carbocycles. The molecule has 0 aliphatic rings. The van der Waals surface area contributed by atoms with Crippen molar-refractivity contribution in [3.05, 3.63) is 0 Å². The van der Waals surface area contributed by atoms with Crippen molar-refractivity contribution in [3.63, 3.8) is 0 Å². The van der Waals surface area contributed by atoms with Gasteiger partial charge in [-0.25, -0.2) is 0 Å². The molecule has 66 valence electrons. The van der Waals surface area contributed by atoms with E-state index in [4.69, 9.17) is 0 Å². The summed E-state index contributed by atoms with van der Waals surface area (Å²) in [7, 11) is 8.09. The Hall–Kier alpha value is -0.410. The first kappa shape index (κ1) is 10.6. The normalized spacial score (nSPS) is 11.5. The van der Waals surface area contributed by atoms with E-state index < -0.39 is 0 Å². The highest BCUT2D eigenvalue weighted by atomic mass is 16.1. The van der Waals surface area contributed by atoms with Crippen LogP contribution in [0, 0.1) is 0 Å². The van der Waals surface area contributed by atoms with Gasteiger partial charge >= 0.3 is 0 Å². The summed E-state index contributed by atoms with van der Waals surface area (Å²) in [5, 5.41) is 0. The molecule has 11 heavy (non-hydrogen) atoms. The summed E-state index contributed by atoms with van der Waals surface area (Å²) in [6.45, 7) is 0. The maximum absolute atomic E-state index is 10.1. The molecular weight excluding hydrogens is 140 g/mol. The fourth-order valence-electron chi connectivity index (χ4n) is 1.20. The highest BCUT2D eigenvalue weighted by Gasteiger charge is 2.11. The van der Waals surface area contributed by atoms with Crippen LogP contribution in [0.3, 0.4) is 0 Å². The molecule has 3 nitrogen and oxygen atoms in total. The molecule has 0 saturated carbocycles. The van der Waals surface area contributed by atoms with E-state index in [0.717, 1.165) is 12.7 Å². The van der Waals surface area contributed by atoms with Crippen LogP contribution in [0.15, 0.2) is 0 Å². The van der Waals surface area contributed by atoms with Crippen molar-refractivity contribution < 1.29 is 4.79 Å². The van der Waals surface area contributed by atoms with Crippen LogP contribution >= 0.6 is 0 Å². The lowest BCUT2D eigenvalue weighted by atomic mass is 10.2. The Labute approximate surface area is 69.0 Å². The Morgan fingerprint density at radius 2 is 1.64 bits per heavy atom. The Morgan fingerprint density at radius 3 is 1.91 bits per heavy atom. The van der Waals surface area contributed by atoms with Gasteiger partial charge in [-0.15, -0.1) is 0 Å². The summed E-state index contributed by atoms with van der Waals surface area (Å²) < 4.78 is 0. The monoisotopic (exact) mass is 158 g/mol. The molecule has 0 aliphatic carbocycles. The van der Waals surface area contributed by atoms with Gasteiger partial charge < -0.3 is 4.79 Å². The minimum atomic E-state index is 0.375. The smallest absolute Gasteiger partial charge is 0.120 e. The fraction of sp³-hybridized carbons (Fsp3) is 0.875. The molecule has 0 aromatic heterocycles. The molecule has 0 heterocycles. The number of rotatable bonds is 5. The first-order valence-corrected chi connectivity index (χ1v) is 3.86. The Balaban J connectivity index is 3.79. The Bertz CT molecular complexity index is 105. The molecule has 0 rings (SSSR count). The van der Waals surface area contributed by atoms with E-state index in [9.17, 15) is 4.79 Å². The van der Waals surface area contributed by atoms with Gasteiger partial charge in [0.1, 0.15) is 6.29 Å². The molecule has 0 spiro atoms. The third kappa shape index (κ3) is 4.11. The number of hydrogen-bond acceptors (Lipinski definition) is 3. The zero-order valence-electron chi connectivity index (χ0n) is 7.87. The van der Waals surface area contributed by atoms with E-state index >= 15 is 0 Å². The van der Waals surface area contributed by atoms with Crippen LogP contribution in [0.4, 0.5) is 0 Å². The molecule has 0 aliphatic heterocycles. The van der Waals surface area contributed by atoms with Crippen molar-refractivity contribution in [3.8, 4) is 0 Å². The number of nitrogens with zero attached hydrogens (tertiary/aromatic N) is 2. The number of hydrogen-bond donors (Lipinski definition) is 0. The van der Waals surface area contributed by atoms with E-state index in [2.05, 4.69) is 9.80 Å². The largest absolute Gasteiger partial charge is 0.303 e. The minimum absolute atomic E-state index is 0.375. The Morgan fingerprint density at radius 1 is 1.18 bits per heavy atom. The van der Waals surface area contributed by atoms with Crippen molar-refractivity contribution in [2.75, 3.05) is 28.2 Å². The molecule has 0 radical (unpaired) electrons. The van der Waals surface area contributed by atoms with Gasteiger partial charge in [0.15, 0.2) is 0 Å². The van der Waals surface area contributed by atoms with Crippen LogP contribution in [0.1, 0.15) is 12.8 Å². The van der Waals surface area contributed by atoms with E-state index in [1.54, 1.807) is 0 Å². The van der Waals surface area contributed by atoms with Gasteiger partial charge in [-0.2, -0.15) is 0 Å². The predicted molar refractivity (Wildman–Crippen MR) is 46.5 cm³/mol. The van der Waals surface area contributed by atoms with E-state index in [0.29, 0.717) is 12.6 Å². The van der Waals surface area contributed by atoms with Crippen molar-refractivity contribution in [1.29, 1.82) is 0 Å². The van der Waals surface area contributed by atoms with Crippen LogP contribution in [-0.2, 0) is 4.79 Å². The lowest BCUT2D eigenvalue weighted by Crippen LogP contribution is -2.40. The van der Waals surface area contributed by atoms with Gasteiger partial charge in [0.05, 0.1) is 6.17 Å². The van der Waals surface area contributed by atoms with Gasteiger partial charge in [-0.05, 0) is 34.6 Å². The molecule has 0 aromatic rings. The third-order valence-corrected chi connectivity index (χ3v) is 1.73. The summed E-state index contributed by atoms with van der Waals surface area (Å²) in [5.74, 6) is 0. The van der Waals surface area contributed by atoms with Gasteiger partial charge in [0.2, 0.25) is 0 Å².